The third-order valence-corrected chi connectivity index (χ3v) is 4.63. The molecule has 4 atom stereocenters. The highest BCUT2D eigenvalue weighted by molar-refractivity contribution is 4.85. The van der Waals surface area contributed by atoms with Gasteiger partial charge in [0, 0.05) is 31.7 Å². The molecule has 0 amide bonds. The van der Waals surface area contributed by atoms with Crippen LogP contribution >= 0.6 is 0 Å². The van der Waals surface area contributed by atoms with Gasteiger partial charge >= 0.3 is 0 Å². The second kappa shape index (κ2) is 7.58. The molecular weight excluding hydrogens is 240 g/mol. The van der Waals surface area contributed by atoms with Crippen molar-refractivity contribution < 1.29 is 9.84 Å². The molecule has 0 radical (unpaired) electrons. The lowest BCUT2D eigenvalue weighted by atomic mass is 9.91. The zero-order valence-electron chi connectivity index (χ0n) is 12.5. The van der Waals surface area contributed by atoms with E-state index in [-0.39, 0.29) is 6.10 Å². The Balaban J connectivity index is 1.81. The Morgan fingerprint density at radius 3 is 2.95 bits per heavy atom. The van der Waals surface area contributed by atoms with Crippen LogP contribution in [0.15, 0.2) is 0 Å². The van der Waals surface area contributed by atoms with Crippen LogP contribution in [-0.4, -0.2) is 61.5 Å². The maximum Gasteiger partial charge on any atom is 0.0693 e. The first-order chi connectivity index (χ1) is 9.20. The number of hydrogen-bond acceptors (Lipinski definition) is 4. The molecule has 0 saturated carbocycles. The van der Waals surface area contributed by atoms with Crippen molar-refractivity contribution in [2.75, 3.05) is 39.4 Å². The predicted molar refractivity (Wildman–Crippen MR) is 77.2 cm³/mol. The van der Waals surface area contributed by atoms with Gasteiger partial charge in [-0.3, -0.25) is 0 Å². The van der Waals surface area contributed by atoms with Gasteiger partial charge in [0.05, 0.1) is 12.7 Å². The largest absolute Gasteiger partial charge is 0.392 e. The van der Waals surface area contributed by atoms with Crippen LogP contribution in [0.4, 0.5) is 0 Å². The Labute approximate surface area is 117 Å². The molecule has 0 aliphatic carbocycles. The van der Waals surface area contributed by atoms with Crippen molar-refractivity contribution in [3.05, 3.63) is 0 Å². The zero-order valence-corrected chi connectivity index (χ0v) is 12.5. The summed E-state index contributed by atoms with van der Waals surface area (Å²) in [7, 11) is 0. The Kier molecular flexibility index (Phi) is 6.07. The van der Waals surface area contributed by atoms with Crippen molar-refractivity contribution in [2.45, 2.75) is 45.3 Å². The molecule has 0 aromatic heterocycles. The fraction of sp³-hybridized carbons (Fsp3) is 1.00. The molecule has 0 spiro atoms. The number of hydrogen-bond donors (Lipinski definition) is 2. The monoisotopic (exact) mass is 270 g/mol. The first kappa shape index (κ1) is 15.2. The summed E-state index contributed by atoms with van der Waals surface area (Å²) < 4.78 is 5.65. The van der Waals surface area contributed by atoms with E-state index in [2.05, 4.69) is 24.1 Å². The molecule has 4 nitrogen and oxygen atoms in total. The minimum atomic E-state index is -0.152. The minimum Gasteiger partial charge on any atom is -0.392 e. The maximum atomic E-state index is 10.00. The van der Waals surface area contributed by atoms with Crippen LogP contribution in [0.3, 0.4) is 0 Å². The summed E-state index contributed by atoms with van der Waals surface area (Å²) in [4.78, 5) is 2.42. The molecule has 0 aromatic carbocycles. The average Bonchev–Trinajstić information content (AvgIpc) is 2.42. The maximum absolute atomic E-state index is 10.00. The number of rotatable bonds is 5. The van der Waals surface area contributed by atoms with Gasteiger partial charge in [0.25, 0.3) is 0 Å². The molecule has 2 N–H and O–H groups in total. The number of likely N-dealkylation sites (tertiary alicyclic amines) is 1. The molecule has 2 aliphatic rings. The molecular formula is C15H30N2O2. The quantitative estimate of drug-likeness (QED) is 0.785. The SMILES string of the molecule is CCCNC1CCOCC1CN1CCC(C)C(O)C1. The van der Waals surface area contributed by atoms with Crippen molar-refractivity contribution in [3.8, 4) is 0 Å². The predicted octanol–water partition coefficient (Wildman–Crippen LogP) is 1.09. The van der Waals surface area contributed by atoms with Crippen molar-refractivity contribution in [3.63, 3.8) is 0 Å². The fourth-order valence-corrected chi connectivity index (χ4v) is 3.19. The van der Waals surface area contributed by atoms with Gasteiger partial charge in [0.15, 0.2) is 0 Å². The molecule has 2 fully saturated rings. The van der Waals surface area contributed by atoms with Crippen LogP contribution in [0, 0.1) is 11.8 Å². The average molecular weight is 270 g/mol. The Bertz CT molecular complexity index is 263. The standard InChI is InChI=1S/C15H30N2O2/c1-3-6-16-14-5-8-19-11-13(14)9-17-7-4-12(2)15(18)10-17/h12-16,18H,3-11H2,1-2H3. The van der Waals surface area contributed by atoms with Crippen LogP contribution in [0.5, 0.6) is 0 Å². The first-order valence-electron chi connectivity index (χ1n) is 7.92. The zero-order chi connectivity index (χ0) is 13.7. The molecule has 0 aromatic rings. The van der Waals surface area contributed by atoms with E-state index in [1.807, 2.05) is 0 Å². The summed E-state index contributed by atoms with van der Waals surface area (Å²) in [6.45, 7) is 10.2. The number of β-amino-alcohol motifs (C(OH)–C–C–N with tert-alkyl or cyclic N) is 1. The summed E-state index contributed by atoms with van der Waals surface area (Å²) in [5.74, 6) is 1.02. The second-order valence-electron chi connectivity index (χ2n) is 6.28. The lowest BCUT2D eigenvalue weighted by Gasteiger charge is -2.40. The van der Waals surface area contributed by atoms with Gasteiger partial charge in [-0.1, -0.05) is 13.8 Å². The second-order valence-corrected chi connectivity index (χ2v) is 6.28. The molecule has 19 heavy (non-hydrogen) atoms. The van der Waals surface area contributed by atoms with Crippen LogP contribution in [-0.2, 0) is 4.74 Å². The van der Waals surface area contributed by atoms with Crippen molar-refractivity contribution in [2.24, 2.45) is 11.8 Å². The normalized spacial score (nSPS) is 37.4. The number of aliphatic hydroxyl groups is 1. The summed E-state index contributed by atoms with van der Waals surface area (Å²) >= 11 is 0. The van der Waals surface area contributed by atoms with E-state index >= 15 is 0 Å². The number of ether oxygens (including phenoxy) is 1. The molecule has 2 heterocycles. The lowest BCUT2D eigenvalue weighted by Crippen LogP contribution is -2.51. The molecule has 4 unspecified atom stereocenters. The van der Waals surface area contributed by atoms with Gasteiger partial charge in [-0.05, 0) is 38.3 Å². The van der Waals surface area contributed by atoms with Gasteiger partial charge in [-0.25, -0.2) is 0 Å². The van der Waals surface area contributed by atoms with E-state index in [4.69, 9.17) is 4.74 Å². The molecule has 2 aliphatic heterocycles. The van der Waals surface area contributed by atoms with Crippen molar-refractivity contribution in [1.29, 1.82) is 0 Å². The summed E-state index contributed by atoms with van der Waals surface area (Å²) in [6, 6.07) is 0.588. The molecule has 2 saturated heterocycles. The molecule has 0 bridgehead atoms. The van der Waals surface area contributed by atoms with E-state index in [0.29, 0.717) is 17.9 Å². The van der Waals surface area contributed by atoms with Crippen molar-refractivity contribution in [1.82, 2.24) is 10.2 Å². The highest BCUT2D eigenvalue weighted by atomic mass is 16.5. The topological polar surface area (TPSA) is 44.7 Å². The van der Waals surface area contributed by atoms with Gasteiger partial charge in [0.2, 0.25) is 0 Å². The van der Waals surface area contributed by atoms with Crippen molar-refractivity contribution >= 4 is 0 Å². The Hall–Kier alpha value is -0.160. The molecule has 2 rings (SSSR count). The minimum absolute atomic E-state index is 0.152. The van der Waals surface area contributed by atoms with E-state index in [0.717, 1.165) is 52.2 Å². The van der Waals surface area contributed by atoms with E-state index in [1.165, 1.54) is 6.42 Å². The third-order valence-electron chi connectivity index (χ3n) is 4.63. The highest BCUT2D eigenvalue weighted by Crippen LogP contribution is 2.21. The van der Waals surface area contributed by atoms with E-state index in [1.54, 1.807) is 0 Å². The van der Waals surface area contributed by atoms with Crippen LogP contribution in [0.25, 0.3) is 0 Å². The summed E-state index contributed by atoms with van der Waals surface area (Å²) in [5, 5.41) is 13.7. The fourth-order valence-electron chi connectivity index (χ4n) is 3.19. The highest BCUT2D eigenvalue weighted by Gasteiger charge is 2.30. The summed E-state index contributed by atoms with van der Waals surface area (Å²) in [6.07, 6.45) is 3.27. The van der Waals surface area contributed by atoms with Gasteiger partial charge < -0.3 is 20.1 Å². The van der Waals surface area contributed by atoms with Gasteiger partial charge in [0.1, 0.15) is 0 Å². The first-order valence-corrected chi connectivity index (χ1v) is 7.92. The Morgan fingerprint density at radius 1 is 1.37 bits per heavy atom. The van der Waals surface area contributed by atoms with Crippen LogP contribution in [0.1, 0.15) is 33.1 Å². The van der Waals surface area contributed by atoms with E-state index in [9.17, 15) is 5.11 Å². The number of nitrogens with one attached hydrogen (secondary N) is 1. The lowest BCUT2D eigenvalue weighted by molar-refractivity contribution is -0.0130. The Morgan fingerprint density at radius 2 is 2.21 bits per heavy atom. The van der Waals surface area contributed by atoms with Gasteiger partial charge in [-0.2, -0.15) is 0 Å². The number of piperidine rings is 1. The van der Waals surface area contributed by atoms with E-state index < -0.39 is 0 Å². The van der Waals surface area contributed by atoms with Crippen LogP contribution in [0.2, 0.25) is 0 Å². The number of nitrogens with zero attached hydrogens (tertiary/aromatic N) is 1. The molecule has 112 valence electrons. The smallest absolute Gasteiger partial charge is 0.0693 e. The molecule has 4 heteroatoms. The summed E-state index contributed by atoms with van der Waals surface area (Å²) in [5.41, 5.74) is 0. The van der Waals surface area contributed by atoms with Gasteiger partial charge in [-0.15, -0.1) is 0 Å². The third kappa shape index (κ3) is 4.42. The number of aliphatic hydroxyl groups excluding tert-OH is 1. The van der Waals surface area contributed by atoms with Crippen LogP contribution < -0.4 is 5.32 Å².